The molecule has 8 heteroatoms. The van der Waals surface area contributed by atoms with Gasteiger partial charge in [-0.3, -0.25) is 4.79 Å². The van der Waals surface area contributed by atoms with Crippen molar-refractivity contribution in [2.45, 2.75) is 72.2 Å². The molecule has 0 saturated carbocycles. The number of nitrogens with zero attached hydrogens (tertiary/aromatic N) is 1. The van der Waals surface area contributed by atoms with Gasteiger partial charge in [0.1, 0.15) is 11.2 Å². The van der Waals surface area contributed by atoms with Gasteiger partial charge < -0.3 is 20.7 Å². The molecule has 2 aromatic rings. The van der Waals surface area contributed by atoms with E-state index in [1.54, 1.807) is 19.2 Å². The summed E-state index contributed by atoms with van der Waals surface area (Å²) in [6, 6.07) is 14.5. The van der Waals surface area contributed by atoms with Crippen molar-refractivity contribution in [3.63, 3.8) is 0 Å². The highest BCUT2D eigenvalue weighted by Gasteiger charge is 2.63. The molecule has 2 aromatic carbocycles. The maximum atomic E-state index is 13.4. The van der Waals surface area contributed by atoms with Gasteiger partial charge in [0, 0.05) is 13.6 Å². The molecule has 3 rings (SSSR count). The number of carbonyl (C=O) groups excluding carboxylic acids is 3. The van der Waals surface area contributed by atoms with Crippen LogP contribution in [0.4, 0.5) is 9.59 Å². The predicted molar refractivity (Wildman–Crippen MR) is 139 cm³/mol. The molecule has 1 heterocycles. The Bertz CT molecular complexity index is 1050. The third-order valence-electron chi connectivity index (χ3n) is 7.04. The fourth-order valence-electron chi connectivity index (χ4n) is 4.61. The van der Waals surface area contributed by atoms with Gasteiger partial charge in [0.05, 0.1) is 6.04 Å². The van der Waals surface area contributed by atoms with Gasteiger partial charge in [0.15, 0.2) is 6.23 Å². The van der Waals surface area contributed by atoms with Crippen LogP contribution in [0.2, 0.25) is 0 Å². The Morgan fingerprint density at radius 3 is 2.22 bits per heavy atom. The Labute approximate surface area is 213 Å². The quantitative estimate of drug-likeness (QED) is 0.404. The summed E-state index contributed by atoms with van der Waals surface area (Å²) in [6.45, 7) is 8.38. The van der Waals surface area contributed by atoms with Gasteiger partial charge in [-0.05, 0) is 49.4 Å². The van der Waals surface area contributed by atoms with E-state index in [0.717, 1.165) is 29.5 Å². The Morgan fingerprint density at radius 2 is 1.67 bits per heavy atom. The molecule has 0 spiro atoms. The lowest BCUT2D eigenvalue weighted by atomic mass is 9.72. The molecular formula is C28H38N4O4. The first-order valence-electron chi connectivity index (χ1n) is 12.7. The van der Waals surface area contributed by atoms with E-state index in [9.17, 15) is 14.4 Å². The van der Waals surface area contributed by atoms with Gasteiger partial charge in [-0.2, -0.15) is 0 Å². The number of likely N-dealkylation sites (tertiary alicyclic amines) is 1. The zero-order valence-electron chi connectivity index (χ0n) is 21.9. The lowest BCUT2D eigenvalue weighted by molar-refractivity contribution is -0.191. The number of nitrogens with one attached hydrogen (secondary N) is 3. The predicted octanol–water partition coefficient (Wildman–Crippen LogP) is 5.03. The first-order chi connectivity index (χ1) is 17.3. The van der Waals surface area contributed by atoms with Gasteiger partial charge in [-0.15, -0.1) is 0 Å². The standard InChI is InChI=1S/C28H38N4O4/c1-6-9-23(21-14-10-19(4)11-15-21)31-27(35)32-24(33)28(7-2,8-3)25(32)36-22-16-12-20(13-17-22)18-30-26(34)29-5/h10-17,23,25H,6-9,18H2,1-5H3,(H,31,35)(H2,29,30,34)/t23-,25+/m1/s1. The van der Waals surface area contributed by atoms with Gasteiger partial charge in [0.25, 0.3) is 0 Å². The van der Waals surface area contributed by atoms with Crippen LogP contribution in [0.5, 0.6) is 5.75 Å². The number of hydrogen-bond donors (Lipinski definition) is 3. The fraction of sp³-hybridized carbons (Fsp3) is 0.464. The molecule has 1 aliphatic rings. The molecule has 1 aliphatic heterocycles. The summed E-state index contributed by atoms with van der Waals surface area (Å²) in [6.07, 6.45) is 2.10. The van der Waals surface area contributed by atoms with Crippen molar-refractivity contribution < 1.29 is 19.1 Å². The van der Waals surface area contributed by atoms with Crippen molar-refractivity contribution in [2.24, 2.45) is 5.41 Å². The van der Waals surface area contributed by atoms with E-state index < -0.39 is 17.7 Å². The Hall–Kier alpha value is -3.55. The van der Waals surface area contributed by atoms with Crippen LogP contribution in [0.3, 0.4) is 0 Å². The number of β-lactam (4-membered cyclic amide) rings is 1. The number of carbonyl (C=O) groups is 3. The third-order valence-corrected chi connectivity index (χ3v) is 7.04. The minimum Gasteiger partial charge on any atom is -0.469 e. The Balaban J connectivity index is 1.77. The molecule has 2 atom stereocenters. The van der Waals surface area contributed by atoms with Crippen molar-refractivity contribution in [3.05, 3.63) is 65.2 Å². The van der Waals surface area contributed by atoms with Crippen LogP contribution in [0.15, 0.2) is 48.5 Å². The van der Waals surface area contributed by atoms with Crippen LogP contribution in [0.1, 0.15) is 69.2 Å². The summed E-state index contributed by atoms with van der Waals surface area (Å²) in [5, 5.41) is 8.32. The number of rotatable bonds is 10. The molecule has 0 unspecified atom stereocenters. The smallest absolute Gasteiger partial charge is 0.327 e. The fourth-order valence-corrected chi connectivity index (χ4v) is 4.61. The second kappa shape index (κ2) is 11.9. The highest BCUT2D eigenvalue weighted by atomic mass is 16.5. The number of ether oxygens (including phenoxy) is 1. The van der Waals surface area contributed by atoms with Crippen LogP contribution in [-0.4, -0.2) is 36.1 Å². The summed E-state index contributed by atoms with van der Waals surface area (Å²) < 4.78 is 6.26. The summed E-state index contributed by atoms with van der Waals surface area (Å²) in [5.41, 5.74) is 2.32. The van der Waals surface area contributed by atoms with Crippen LogP contribution >= 0.6 is 0 Å². The highest BCUT2D eigenvalue weighted by molar-refractivity contribution is 6.03. The van der Waals surface area contributed by atoms with Crippen LogP contribution in [0, 0.1) is 12.3 Å². The van der Waals surface area contributed by atoms with E-state index >= 15 is 0 Å². The number of urea groups is 2. The highest BCUT2D eigenvalue weighted by Crippen LogP contribution is 2.46. The Kier molecular flexibility index (Phi) is 8.96. The molecule has 1 saturated heterocycles. The van der Waals surface area contributed by atoms with E-state index in [0.29, 0.717) is 25.1 Å². The Morgan fingerprint density at radius 1 is 1.03 bits per heavy atom. The van der Waals surface area contributed by atoms with Gasteiger partial charge in [-0.1, -0.05) is 69.2 Å². The average Bonchev–Trinajstić information content (AvgIpc) is 2.89. The first kappa shape index (κ1) is 27.0. The topological polar surface area (TPSA) is 99.8 Å². The monoisotopic (exact) mass is 494 g/mol. The SMILES string of the molecule is CCC[C@@H](NC(=O)N1C(=O)C(CC)(CC)[C@@H]1Oc1ccc(CNC(=O)NC)cc1)c1ccc(C)cc1. The zero-order valence-corrected chi connectivity index (χ0v) is 21.9. The number of imide groups is 1. The molecule has 8 nitrogen and oxygen atoms in total. The van der Waals surface area contributed by atoms with Gasteiger partial charge >= 0.3 is 12.1 Å². The number of benzene rings is 2. The lowest BCUT2D eigenvalue weighted by Crippen LogP contribution is -2.73. The molecular weight excluding hydrogens is 456 g/mol. The third kappa shape index (κ3) is 5.64. The van der Waals surface area contributed by atoms with Crippen molar-refractivity contribution in [1.29, 1.82) is 0 Å². The van der Waals surface area contributed by atoms with Crippen molar-refractivity contribution in [3.8, 4) is 5.75 Å². The molecule has 0 aromatic heterocycles. The summed E-state index contributed by atoms with van der Waals surface area (Å²) >= 11 is 0. The average molecular weight is 495 g/mol. The number of amides is 5. The first-order valence-corrected chi connectivity index (χ1v) is 12.7. The lowest BCUT2D eigenvalue weighted by Gasteiger charge is -2.53. The summed E-state index contributed by atoms with van der Waals surface area (Å²) in [5.74, 6) is 0.351. The van der Waals surface area contributed by atoms with Crippen LogP contribution < -0.4 is 20.7 Å². The second-order valence-corrected chi connectivity index (χ2v) is 9.29. The van der Waals surface area contributed by atoms with Gasteiger partial charge in [0.2, 0.25) is 5.91 Å². The van der Waals surface area contributed by atoms with E-state index in [2.05, 4.69) is 22.9 Å². The maximum absolute atomic E-state index is 13.4. The molecule has 0 radical (unpaired) electrons. The van der Waals surface area contributed by atoms with E-state index in [1.807, 2.05) is 57.2 Å². The molecule has 36 heavy (non-hydrogen) atoms. The van der Waals surface area contributed by atoms with Crippen LogP contribution in [0.25, 0.3) is 0 Å². The zero-order chi connectivity index (χ0) is 26.3. The number of aryl methyl sites for hydroxylation is 1. The molecule has 5 amide bonds. The largest absolute Gasteiger partial charge is 0.469 e. The maximum Gasteiger partial charge on any atom is 0.327 e. The number of hydrogen-bond acceptors (Lipinski definition) is 4. The van der Waals surface area contributed by atoms with Crippen molar-refractivity contribution in [1.82, 2.24) is 20.9 Å². The molecule has 194 valence electrons. The minimum absolute atomic E-state index is 0.193. The van der Waals surface area contributed by atoms with E-state index in [1.165, 1.54) is 4.90 Å². The molecule has 0 bridgehead atoms. The van der Waals surface area contributed by atoms with E-state index in [-0.39, 0.29) is 18.0 Å². The van der Waals surface area contributed by atoms with Crippen molar-refractivity contribution >= 4 is 18.0 Å². The molecule has 3 N–H and O–H groups in total. The van der Waals surface area contributed by atoms with Gasteiger partial charge in [-0.25, -0.2) is 14.5 Å². The normalized spacial score (nSPS) is 17.1. The second-order valence-electron chi connectivity index (χ2n) is 9.29. The summed E-state index contributed by atoms with van der Waals surface area (Å²) in [7, 11) is 1.56. The van der Waals surface area contributed by atoms with Crippen molar-refractivity contribution in [2.75, 3.05) is 7.05 Å². The summed E-state index contributed by atoms with van der Waals surface area (Å²) in [4.78, 5) is 39.3. The minimum atomic E-state index is -0.749. The van der Waals surface area contributed by atoms with E-state index in [4.69, 9.17) is 4.74 Å². The molecule has 0 aliphatic carbocycles. The van der Waals surface area contributed by atoms with Crippen LogP contribution in [-0.2, 0) is 11.3 Å². The molecule has 1 fully saturated rings.